The fourth-order valence-electron chi connectivity index (χ4n) is 2.05. The molecule has 0 bridgehead atoms. The number of thioether (sulfide) groups is 1. The van der Waals surface area contributed by atoms with E-state index in [-0.39, 0.29) is 11.2 Å². The second-order valence-electron chi connectivity index (χ2n) is 5.23. The molecular formula is C15H18N4O2S. The fraction of sp³-hybridized carbons (Fsp3) is 0.400. The number of hydrogen-bond donors (Lipinski definition) is 1. The van der Waals surface area contributed by atoms with Crippen LogP contribution < -0.4 is 10.1 Å². The number of hydrogen-bond acceptors (Lipinski definition) is 5. The van der Waals surface area contributed by atoms with Crippen LogP contribution in [-0.4, -0.2) is 33.0 Å². The molecule has 7 heteroatoms. The van der Waals surface area contributed by atoms with E-state index in [2.05, 4.69) is 20.1 Å². The third-order valence-electron chi connectivity index (χ3n) is 3.49. The van der Waals surface area contributed by atoms with Crippen molar-refractivity contribution in [3.8, 4) is 5.75 Å². The molecule has 116 valence electrons. The molecule has 1 amide bonds. The maximum Gasteiger partial charge on any atom is 0.237 e. The summed E-state index contributed by atoms with van der Waals surface area (Å²) in [5.74, 6) is 0.707. The Hall–Kier alpha value is -2.02. The largest absolute Gasteiger partial charge is 0.497 e. The average molecular weight is 318 g/mol. The van der Waals surface area contributed by atoms with E-state index in [4.69, 9.17) is 4.74 Å². The van der Waals surface area contributed by atoms with Crippen LogP contribution >= 0.6 is 11.8 Å². The molecule has 1 N–H and O–H groups in total. The summed E-state index contributed by atoms with van der Waals surface area (Å²) in [5, 5.41) is 11.5. The number of nitrogens with one attached hydrogen (secondary N) is 1. The molecule has 1 aromatic heterocycles. The van der Waals surface area contributed by atoms with Gasteiger partial charge in [-0.1, -0.05) is 11.8 Å². The van der Waals surface area contributed by atoms with Gasteiger partial charge in [0.05, 0.1) is 12.4 Å². The SMILES string of the molecule is COc1ccc(NC(=O)[C@H](C)Sc2nncn2C2CC2)cc1. The van der Waals surface area contributed by atoms with Crippen molar-refractivity contribution in [1.29, 1.82) is 0 Å². The molecule has 0 saturated heterocycles. The van der Waals surface area contributed by atoms with Gasteiger partial charge in [-0.15, -0.1) is 10.2 Å². The van der Waals surface area contributed by atoms with Crippen molar-refractivity contribution in [3.05, 3.63) is 30.6 Å². The summed E-state index contributed by atoms with van der Waals surface area (Å²) in [6.07, 6.45) is 4.07. The number of rotatable bonds is 6. The van der Waals surface area contributed by atoms with Crippen molar-refractivity contribution in [3.63, 3.8) is 0 Å². The third kappa shape index (κ3) is 3.41. The van der Waals surface area contributed by atoms with E-state index in [1.54, 1.807) is 13.4 Å². The van der Waals surface area contributed by atoms with Gasteiger partial charge in [0.25, 0.3) is 0 Å². The standard InChI is InChI=1S/C15H18N4O2S/c1-10(22-15-18-16-9-19(15)12-5-6-12)14(20)17-11-3-7-13(21-2)8-4-11/h3-4,7-10,12H,5-6H2,1-2H3,(H,17,20)/t10-/m0/s1. The molecule has 3 rings (SSSR count). The van der Waals surface area contributed by atoms with E-state index in [1.165, 1.54) is 11.8 Å². The van der Waals surface area contributed by atoms with Crippen LogP contribution in [0.5, 0.6) is 5.75 Å². The Bertz CT molecular complexity index is 652. The number of amides is 1. The lowest BCUT2D eigenvalue weighted by Crippen LogP contribution is -2.22. The quantitative estimate of drug-likeness (QED) is 0.829. The highest BCUT2D eigenvalue weighted by Gasteiger charge is 2.27. The van der Waals surface area contributed by atoms with Crippen LogP contribution in [0.1, 0.15) is 25.8 Å². The van der Waals surface area contributed by atoms with Gasteiger partial charge in [0.15, 0.2) is 5.16 Å². The van der Waals surface area contributed by atoms with Crippen molar-refractivity contribution >= 4 is 23.4 Å². The van der Waals surface area contributed by atoms with Crippen LogP contribution in [0.2, 0.25) is 0 Å². The van der Waals surface area contributed by atoms with Crippen molar-refractivity contribution in [2.75, 3.05) is 12.4 Å². The van der Waals surface area contributed by atoms with E-state index < -0.39 is 0 Å². The van der Waals surface area contributed by atoms with Gasteiger partial charge in [0, 0.05) is 11.7 Å². The summed E-state index contributed by atoms with van der Waals surface area (Å²) in [6, 6.07) is 7.78. The summed E-state index contributed by atoms with van der Waals surface area (Å²) in [5.41, 5.74) is 0.752. The number of ether oxygens (including phenoxy) is 1. The van der Waals surface area contributed by atoms with Gasteiger partial charge in [-0.25, -0.2) is 0 Å². The minimum Gasteiger partial charge on any atom is -0.497 e. The van der Waals surface area contributed by atoms with E-state index in [1.807, 2.05) is 31.2 Å². The third-order valence-corrected chi connectivity index (χ3v) is 4.56. The number of benzene rings is 1. The predicted octanol–water partition coefficient (Wildman–Crippen LogP) is 2.74. The molecule has 1 aliphatic rings. The Kier molecular flexibility index (Phi) is 4.33. The zero-order valence-electron chi connectivity index (χ0n) is 12.5. The number of nitrogens with zero attached hydrogens (tertiary/aromatic N) is 3. The van der Waals surface area contributed by atoms with Crippen LogP contribution in [0.25, 0.3) is 0 Å². The minimum absolute atomic E-state index is 0.0551. The Labute approximate surface area is 133 Å². The molecule has 1 aliphatic carbocycles. The molecule has 2 aromatic rings. The highest BCUT2D eigenvalue weighted by Crippen LogP contribution is 2.38. The fourth-order valence-corrected chi connectivity index (χ4v) is 2.94. The van der Waals surface area contributed by atoms with Crippen LogP contribution in [-0.2, 0) is 4.79 Å². The summed E-state index contributed by atoms with van der Waals surface area (Å²) in [4.78, 5) is 12.3. The van der Waals surface area contributed by atoms with E-state index >= 15 is 0 Å². The summed E-state index contributed by atoms with van der Waals surface area (Å²) < 4.78 is 7.16. The van der Waals surface area contributed by atoms with Gasteiger partial charge < -0.3 is 14.6 Å². The zero-order chi connectivity index (χ0) is 15.5. The first-order valence-electron chi connectivity index (χ1n) is 7.18. The summed E-state index contributed by atoms with van der Waals surface area (Å²) in [6.45, 7) is 1.87. The molecule has 1 aromatic carbocycles. The molecule has 0 radical (unpaired) electrons. The highest BCUT2D eigenvalue weighted by atomic mass is 32.2. The second-order valence-corrected chi connectivity index (χ2v) is 6.54. The first-order valence-corrected chi connectivity index (χ1v) is 8.06. The number of carbonyl (C=O) groups excluding carboxylic acids is 1. The van der Waals surface area contributed by atoms with Gasteiger partial charge in [0.2, 0.25) is 5.91 Å². The molecule has 22 heavy (non-hydrogen) atoms. The number of aromatic nitrogens is 3. The first kappa shape index (κ1) is 14.9. The van der Waals surface area contributed by atoms with Crippen LogP contribution in [0.3, 0.4) is 0 Å². The summed E-state index contributed by atoms with van der Waals surface area (Å²) in [7, 11) is 1.61. The van der Waals surface area contributed by atoms with Crippen molar-refractivity contribution in [2.24, 2.45) is 0 Å². The van der Waals surface area contributed by atoms with Gasteiger partial charge in [-0.2, -0.15) is 0 Å². The molecular weight excluding hydrogens is 300 g/mol. The molecule has 0 unspecified atom stereocenters. The lowest BCUT2D eigenvalue weighted by atomic mass is 10.3. The monoisotopic (exact) mass is 318 g/mol. The molecule has 1 saturated carbocycles. The van der Waals surface area contributed by atoms with E-state index in [0.29, 0.717) is 6.04 Å². The Morgan fingerprint density at radius 2 is 2.14 bits per heavy atom. The maximum absolute atomic E-state index is 12.3. The predicted molar refractivity (Wildman–Crippen MR) is 85.2 cm³/mol. The first-order chi connectivity index (χ1) is 10.7. The lowest BCUT2D eigenvalue weighted by molar-refractivity contribution is -0.115. The molecule has 0 spiro atoms. The average Bonchev–Trinajstić information content (AvgIpc) is 3.28. The topological polar surface area (TPSA) is 69.0 Å². The van der Waals surface area contributed by atoms with E-state index in [0.717, 1.165) is 29.4 Å². The highest BCUT2D eigenvalue weighted by molar-refractivity contribution is 8.00. The van der Waals surface area contributed by atoms with E-state index in [9.17, 15) is 4.79 Å². The zero-order valence-corrected chi connectivity index (χ0v) is 13.3. The molecule has 0 aliphatic heterocycles. The van der Waals surface area contributed by atoms with Crippen molar-refractivity contribution < 1.29 is 9.53 Å². The smallest absolute Gasteiger partial charge is 0.237 e. The van der Waals surface area contributed by atoms with Crippen molar-refractivity contribution in [1.82, 2.24) is 14.8 Å². The molecule has 6 nitrogen and oxygen atoms in total. The molecule has 1 fully saturated rings. The second kappa shape index (κ2) is 6.39. The Morgan fingerprint density at radius 3 is 2.77 bits per heavy atom. The Morgan fingerprint density at radius 1 is 1.41 bits per heavy atom. The van der Waals surface area contributed by atoms with Crippen molar-refractivity contribution in [2.45, 2.75) is 36.2 Å². The Balaban J connectivity index is 1.60. The van der Waals surface area contributed by atoms with Crippen LogP contribution in [0.4, 0.5) is 5.69 Å². The van der Waals surface area contributed by atoms with Gasteiger partial charge in [0.1, 0.15) is 12.1 Å². The summed E-state index contributed by atoms with van der Waals surface area (Å²) >= 11 is 1.43. The molecule has 1 heterocycles. The maximum atomic E-state index is 12.3. The van der Waals surface area contributed by atoms with Crippen LogP contribution in [0, 0.1) is 0 Å². The van der Waals surface area contributed by atoms with Crippen LogP contribution in [0.15, 0.2) is 35.7 Å². The molecule has 1 atom stereocenters. The minimum atomic E-state index is -0.246. The van der Waals surface area contributed by atoms with Gasteiger partial charge in [-0.3, -0.25) is 4.79 Å². The number of anilines is 1. The number of methoxy groups -OCH3 is 1. The van der Waals surface area contributed by atoms with Gasteiger partial charge in [-0.05, 0) is 44.0 Å². The number of carbonyl (C=O) groups is 1. The van der Waals surface area contributed by atoms with Gasteiger partial charge >= 0.3 is 0 Å². The normalized spacial score (nSPS) is 15.4. The lowest BCUT2D eigenvalue weighted by Gasteiger charge is -2.12.